The number of halogens is 4. The van der Waals surface area contributed by atoms with Gasteiger partial charge in [-0.2, -0.15) is 13.2 Å². The molecule has 0 radical (unpaired) electrons. The highest BCUT2D eigenvalue weighted by Crippen LogP contribution is 2.36. The van der Waals surface area contributed by atoms with Crippen LogP contribution < -0.4 is 10.6 Å². The predicted octanol–water partition coefficient (Wildman–Crippen LogP) is 1.63. The number of rotatable bonds is 6. The molecule has 1 atom stereocenters. The minimum atomic E-state index is -4.60. The van der Waals surface area contributed by atoms with E-state index in [9.17, 15) is 18.0 Å². The Balaban J connectivity index is 2.77. The Kier molecular flexibility index (Phi) is 6.44. The number of nitrogens with one attached hydrogen (secondary N) is 1. The molecule has 0 unspecified atom stereocenters. The van der Waals surface area contributed by atoms with E-state index in [2.05, 4.69) is 5.32 Å². The van der Waals surface area contributed by atoms with Gasteiger partial charge in [0.15, 0.2) is 6.54 Å². The minimum Gasteiger partial charge on any atom is -0.390 e. The summed E-state index contributed by atoms with van der Waals surface area (Å²) in [7, 11) is 0. The monoisotopic (exact) mass is 325 g/mol. The number of hydrogen-bond acceptors (Lipinski definition) is 2. The van der Waals surface area contributed by atoms with Crippen molar-refractivity contribution in [1.82, 2.24) is 0 Å². The summed E-state index contributed by atoms with van der Waals surface area (Å²) in [6, 6.07) is 3.01. The second-order valence-corrected chi connectivity index (χ2v) is 4.96. The van der Waals surface area contributed by atoms with Crippen LogP contribution in [0.15, 0.2) is 18.2 Å². The maximum absolute atomic E-state index is 12.9. The number of benzene rings is 1. The Morgan fingerprint density at radius 1 is 1.48 bits per heavy atom. The lowest BCUT2D eigenvalue weighted by Crippen LogP contribution is -2.92. The number of alkyl halides is 3. The molecule has 118 valence electrons. The Bertz CT molecular complexity index is 491. The number of carbonyl (C=O) groups excluding carboxylic acids is 1. The van der Waals surface area contributed by atoms with E-state index in [0.29, 0.717) is 6.42 Å². The standard InChI is InChI=1S/C13H16ClF3N2O2/c1-2-9(7-20)18-6-12(21)19-11-4-3-8(14)5-10(11)13(15,16)17/h3-5,9,18,20H,2,6-7H2,1H3,(H,19,21)/p+1/t9-/m0/s1. The molecule has 1 rings (SSSR count). The van der Waals surface area contributed by atoms with Crippen LogP contribution in [0.5, 0.6) is 0 Å². The molecule has 0 aliphatic rings. The molecule has 0 aliphatic carbocycles. The number of carbonyl (C=O) groups is 1. The highest BCUT2D eigenvalue weighted by molar-refractivity contribution is 6.30. The molecular weight excluding hydrogens is 309 g/mol. The molecule has 0 aromatic heterocycles. The van der Waals surface area contributed by atoms with E-state index in [4.69, 9.17) is 16.7 Å². The average Bonchev–Trinajstić information content (AvgIpc) is 2.41. The van der Waals surface area contributed by atoms with Crippen molar-refractivity contribution >= 4 is 23.2 Å². The van der Waals surface area contributed by atoms with E-state index in [1.807, 2.05) is 6.92 Å². The molecule has 0 saturated carbocycles. The lowest BCUT2D eigenvalue weighted by Gasteiger charge is -2.15. The summed E-state index contributed by atoms with van der Waals surface area (Å²) >= 11 is 5.55. The maximum atomic E-state index is 12.9. The zero-order chi connectivity index (χ0) is 16.0. The number of aliphatic hydroxyl groups excluding tert-OH is 1. The van der Waals surface area contributed by atoms with E-state index in [-0.39, 0.29) is 29.9 Å². The van der Waals surface area contributed by atoms with Crippen LogP contribution in [0.1, 0.15) is 18.9 Å². The SMILES string of the molecule is CC[C@@H](CO)[NH2+]CC(=O)Nc1ccc(Cl)cc1C(F)(F)F. The molecule has 4 N–H and O–H groups in total. The van der Waals surface area contributed by atoms with Crippen molar-refractivity contribution in [1.29, 1.82) is 0 Å². The number of anilines is 1. The molecule has 1 aromatic rings. The molecule has 0 fully saturated rings. The van der Waals surface area contributed by atoms with Gasteiger partial charge in [-0.15, -0.1) is 0 Å². The highest BCUT2D eigenvalue weighted by Gasteiger charge is 2.34. The number of amides is 1. The van der Waals surface area contributed by atoms with Gasteiger partial charge in [-0.25, -0.2) is 0 Å². The predicted molar refractivity (Wildman–Crippen MR) is 73.0 cm³/mol. The van der Waals surface area contributed by atoms with Crippen molar-refractivity contribution in [2.75, 3.05) is 18.5 Å². The first-order valence-electron chi connectivity index (χ1n) is 6.38. The van der Waals surface area contributed by atoms with Crippen molar-refractivity contribution in [2.24, 2.45) is 0 Å². The Morgan fingerprint density at radius 2 is 2.14 bits per heavy atom. The van der Waals surface area contributed by atoms with Crippen LogP contribution >= 0.6 is 11.6 Å². The van der Waals surface area contributed by atoms with Gasteiger partial charge >= 0.3 is 6.18 Å². The van der Waals surface area contributed by atoms with Gasteiger partial charge in [-0.3, -0.25) is 4.79 Å². The molecule has 1 aromatic carbocycles. The lowest BCUT2D eigenvalue weighted by molar-refractivity contribution is -0.680. The topological polar surface area (TPSA) is 65.9 Å². The quantitative estimate of drug-likeness (QED) is 0.744. The van der Waals surface area contributed by atoms with Gasteiger partial charge < -0.3 is 15.7 Å². The molecule has 1 amide bonds. The van der Waals surface area contributed by atoms with Crippen LogP contribution in [0, 0.1) is 0 Å². The van der Waals surface area contributed by atoms with Crippen LogP contribution in [-0.2, 0) is 11.0 Å². The van der Waals surface area contributed by atoms with Gasteiger partial charge in [0.2, 0.25) is 0 Å². The smallest absolute Gasteiger partial charge is 0.390 e. The Morgan fingerprint density at radius 3 is 2.67 bits per heavy atom. The molecule has 8 heteroatoms. The van der Waals surface area contributed by atoms with E-state index < -0.39 is 17.6 Å². The van der Waals surface area contributed by atoms with Crippen LogP contribution in [0.3, 0.4) is 0 Å². The van der Waals surface area contributed by atoms with Crippen LogP contribution in [-0.4, -0.2) is 30.2 Å². The van der Waals surface area contributed by atoms with Crippen LogP contribution in [0.2, 0.25) is 5.02 Å². The van der Waals surface area contributed by atoms with Crippen molar-refractivity contribution in [2.45, 2.75) is 25.6 Å². The first-order valence-corrected chi connectivity index (χ1v) is 6.76. The fraction of sp³-hybridized carbons (Fsp3) is 0.462. The zero-order valence-electron chi connectivity index (χ0n) is 11.4. The van der Waals surface area contributed by atoms with E-state index >= 15 is 0 Å². The number of hydrogen-bond donors (Lipinski definition) is 3. The second-order valence-electron chi connectivity index (χ2n) is 4.53. The van der Waals surface area contributed by atoms with E-state index in [1.54, 1.807) is 5.32 Å². The fourth-order valence-electron chi connectivity index (χ4n) is 1.71. The Labute approximate surface area is 125 Å². The van der Waals surface area contributed by atoms with Crippen LogP contribution in [0.4, 0.5) is 18.9 Å². The summed E-state index contributed by atoms with van der Waals surface area (Å²) in [5, 5.41) is 12.7. The molecule has 0 saturated heterocycles. The van der Waals surface area contributed by atoms with Gasteiger partial charge in [0.05, 0.1) is 17.9 Å². The summed E-state index contributed by atoms with van der Waals surface area (Å²) in [6.45, 7) is 1.67. The van der Waals surface area contributed by atoms with Crippen molar-refractivity contribution in [3.63, 3.8) is 0 Å². The molecular formula is C13H17ClF3N2O2+. The molecule has 0 spiro atoms. The fourth-order valence-corrected chi connectivity index (χ4v) is 1.88. The van der Waals surface area contributed by atoms with Gasteiger partial charge in [0.25, 0.3) is 5.91 Å². The van der Waals surface area contributed by atoms with Crippen LogP contribution in [0.25, 0.3) is 0 Å². The molecule has 0 bridgehead atoms. The first kappa shape index (κ1) is 17.7. The average molecular weight is 326 g/mol. The number of nitrogens with two attached hydrogens (primary N) is 1. The van der Waals surface area contributed by atoms with Crippen molar-refractivity contribution in [3.8, 4) is 0 Å². The summed E-state index contributed by atoms with van der Waals surface area (Å²) in [5.74, 6) is -0.574. The number of quaternary nitrogens is 1. The molecule has 21 heavy (non-hydrogen) atoms. The third-order valence-corrected chi connectivity index (χ3v) is 3.19. The third-order valence-electron chi connectivity index (χ3n) is 2.96. The summed E-state index contributed by atoms with van der Waals surface area (Å²) < 4.78 is 38.6. The molecule has 4 nitrogen and oxygen atoms in total. The van der Waals surface area contributed by atoms with Gasteiger partial charge in [0, 0.05) is 5.02 Å². The van der Waals surface area contributed by atoms with Crippen molar-refractivity contribution in [3.05, 3.63) is 28.8 Å². The Hall–Kier alpha value is -1.31. The largest absolute Gasteiger partial charge is 0.418 e. The van der Waals surface area contributed by atoms with E-state index in [1.165, 1.54) is 6.07 Å². The lowest BCUT2D eigenvalue weighted by atomic mass is 10.1. The summed E-state index contributed by atoms with van der Waals surface area (Å²) in [4.78, 5) is 11.7. The van der Waals surface area contributed by atoms with Gasteiger partial charge in [-0.05, 0) is 24.6 Å². The highest BCUT2D eigenvalue weighted by atomic mass is 35.5. The number of aliphatic hydroxyl groups is 1. The van der Waals surface area contributed by atoms with Crippen molar-refractivity contribution < 1.29 is 28.4 Å². The van der Waals surface area contributed by atoms with Gasteiger partial charge in [-0.1, -0.05) is 18.5 Å². The normalized spacial score (nSPS) is 13.0. The third kappa shape index (κ3) is 5.53. The molecule has 0 heterocycles. The molecule has 0 aliphatic heterocycles. The minimum absolute atomic E-state index is 0.0572. The zero-order valence-corrected chi connectivity index (χ0v) is 12.1. The second kappa shape index (κ2) is 7.63. The maximum Gasteiger partial charge on any atom is 0.418 e. The van der Waals surface area contributed by atoms with Gasteiger partial charge in [0.1, 0.15) is 6.04 Å². The summed E-state index contributed by atoms with van der Waals surface area (Å²) in [6.07, 6.45) is -3.95. The first-order chi connectivity index (χ1) is 9.77. The van der Waals surface area contributed by atoms with E-state index in [0.717, 1.165) is 12.1 Å². The summed E-state index contributed by atoms with van der Waals surface area (Å²) in [5.41, 5.74) is -1.32.